The molecule has 5 heteroatoms. The molecule has 1 rings (SSSR count). The topological polar surface area (TPSA) is 41.0 Å². The van der Waals surface area contributed by atoms with Crippen LogP contribution in [0.5, 0.6) is 0 Å². The van der Waals surface area contributed by atoms with Crippen LogP contribution >= 0.6 is 0 Å². The van der Waals surface area contributed by atoms with Crippen molar-refractivity contribution in [3.8, 4) is 0 Å². The molecule has 0 saturated heterocycles. The molecule has 15 heavy (non-hydrogen) atoms. The summed E-state index contributed by atoms with van der Waals surface area (Å²) in [4.78, 5) is 9.81. The largest absolute Gasteiger partial charge is 0.353 e. The van der Waals surface area contributed by atoms with Gasteiger partial charge in [0.2, 0.25) is 5.95 Å². The normalized spacial score (nSPS) is 11.1. The zero-order chi connectivity index (χ0) is 11.3. The maximum atomic E-state index is 12.5. The Morgan fingerprint density at radius 3 is 2.53 bits per heavy atom. The van der Waals surface area contributed by atoms with Crippen LogP contribution in [-0.4, -0.2) is 41.0 Å². The quantitative estimate of drug-likeness (QED) is 0.800. The first-order valence-corrected chi connectivity index (χ1v) is 5.01. The maximum absolute atomic E-state index is 12.5. The molecule has 1 aromatic rings. The predicted molar refractivity (Wildman–Crippen MR) is 58.2 cm³/mol. The van der Waals surface area contributed by atoms with Gasteiger partial charge in [-0.15, -0.1) is 0 Å². The summed E-state index contributed by atoms with van der Waals surface area (Å²) in [5, 5.41) is 3.03. The number of nitrogens with one attached hydrogen (secondary N) is 1. The van der Waals surface area contributed by atoms with E-state index in [1.54, 1.807) is 0 Å². The number of hydrogen-bond acceptors (Lipinski definition) is 4. The summed E-state index contributed by atoms with van der Waals surface area (Å²) in [5.74, 6) is 0.0494. The second kappa shape index (κ2) is 5.60. The second-order valence-electron chi connectivity index (χ2n) is 3.73. The molecule has 0 aliphatic rings. The highest BCUT2D eigenvalue weighted by Gasteiger charge is 2.02. The van der Waals surface area contributed by atoms with E-state index in [0.717, 1.165) is 25.5 Å². The molecule has 0 spiro atoms. The van der Waals surface area contributed by atoms with Gasteiger partial charge in [-0.3, -0.25) is 0 Å². The zero-order valence-corrected chi connectivity index (χ0v) is 9.37. The fraction of sp³-hybridized carbons (Fsp3) is 0.600. The SMILES string of the molecule is CC(C)N(C)CCNc1ncc(F)cn1. The van der Waals surface area contributed by atoms with Gasteiger partial charge in [-0.2, -0.15) is 0 Å². The third-order valence-corrected chi connectivity index (χ3v) is 2.25. The average molecular weight is 212 g/mol. The molecular formula is C10H17FN4. The van der Waals surface area contributed by atoms with Gasteiger partial charge in [-0.25, -0.2) is 14.4 Å². The first kappa shape index (κ1) is 11.8. The van der Waals surface area contributed by atoms with E-state index < -0.39 is 5.82 Å². The van der Waals surface area contributed by atoms with E-state index in [-0.39, 0.29) is 0 Å². The van der Waals surface area contributed by atoms with Gasteiger partial charge in [0.15, 0.2) is 5.82 Å². The van der Waals surface area contributed by atoms with E-state index >= 15 is 0 Å². The lowest BCUT2D eigenvalue weighted by Crippen LogP contribution is -2.31. The molecule has 0 bridgehead atoms. The molecule has 0 aliphatic heterocycles. The lowest BCUT2D eigenvalue weighted by atomic mass is 10.3. The summed E-state index contributed by atoms with van der Waals surface area (Å²) in [7, 11) is 2.05. The predicted octanol–water partition coefficient (Wildman–Crippen LogP) is 1.37. The van der Waals surface area contributed by atoms with Crippen LogP contribution in [0.15, 0.2) is 12.4 Å². The van der Waals surface area contributed by atoms with Gasteiger partial charge in [0, 0.05) is 19.1 Å². The summed E-state index contributed by atoms with van der Waals surface area (Å²) < 4.78 is 12.5. The Hall–Kier alpha value is -1.23. The Balaban J connectivity index is 2.29. The van der Waals surface area contributed by atoms with Gasteiger partial charge in [0.25, 0.3) is 0 Å². The summed E-state index contributed by atoms with van der Waals surface area (Å²) in [5.41, 5.74) is 0. The van der Waals surface area contributed by atoms with Gasteiger partial charge < -0.3 is 10.2 Å². The number of halogens is 1. The fourth-order valence-corrected chi connectivity index (χ4v) is 1.01. The monoisotopic (exact) mass is 212 g/mol. The zero-order valence-electron chi connectivity index (χ0n) is 9.37. The molecule has 0 fully saturated rings. The highest BCUT2D eigenvalue weighted by atomic mass is 19.1. The van der Waals surface area contributed by atoms with Crippen molar-refractivity contribution in [1.82, 2.24) is 14.9 Å². The minimum absolute atomic E-state index is 0.417. The van der Waals surface area contributed by atoms with Crippen molar-refractivity contribution in [2.75, 3.05) is 25.5 Å². The summed E-state index contributed by atoms with van der Waals surface area (Å²) >= 11 is 0. The molecule has 0 aliphatic carbocycles. The molecule has 1 heterocycles. The van der Waals surface area contributed by atoms with Crippen LogP contribution in [0.4, 0.5) is 10.3 Å². The van der Waals surface area contributed by atoms with Gasteiger partial charge in [-0.05, 0) is 20.9 Å². The summed E-state index contributed by atoms with van der Waals surface area (Å²) in [6.07, 6.45) is 2.31. The Bertz CT molecular complexity index is 286. The molecule has 84 valence electrons. The third kappa shape index (κ3) is 4.20. The minimum atomic E-state index is -0.417. The highest BCUT2D eigenvalue weighted by Crippen LogP contribution is 1.98. The molecule has 0 radical (unpaired) electrons. The van der Waals surface area contributed by atoms with Crippen LogP contribution in [0.2, 0.25) is 0 Å². The average Bonchev–Trinajstić information content (AvgIpc) is 2.20. The van der Waals surface area contributed by atoms with Crippen LogP contribution in [0.3, 0.4) is 0 Å². The Kier molecular flexibility index (Phi) is 4.42. The van der Waals surface area contributed by atoms with Crippen molar-refractivity contribution >= 4 is 5.95 Å². The molecule has 0 aromatic carbocycles. The molecule has 0 saturated carbocycles. The van der Waals surface area contributed by atoms with Crippen molar-refractivity contribution in [2.45, 2.75) is 19.9 Å². The first-order valence-electron chi connectivity index (χ1n) is 5.01. The van der Waals surface area contributed by atoms with Crippen molar-refractivity contribution in [2.24, 2.45) is 0 Å². The number of aromatic nitrogens is 2. The van der Waals surface area contributed by atoms with E-state index in [1.807, 2.05) is 0 Å². The molecule has 1 N–H and O–H groups in total. The number of rotatable bonds is 5. The van der Waals surface area contributed by atoms with E-state index in [9.17, 15) is 4.39 Å². The Labute approximate surface area is 89.5 Å². The molecule has 0 unspecified atom stereocenters. The van der Waals surface area contributed by atoms with Crippen LogP contribution in [0.25, 0.3) is 0 Å². The van der Waals surface area contributed by atoms with Crippen molar-refractivity contribution in [3.63, 3.8) is 0 Å². The molecular weight excluding hydrogens is 195 g/mol. The fourth-order valence-electron chi connectivity index (χ4n) is 1.01. The lowest BCUT2D eigenvalue weighted by molar-refractivity contribution is 0.284. The minimum Gasteiger partial charge on any atom is -0.353 e. The van der Waals surface area contributed by atoms with Crippen molar-refractivity contribution in [3.05, 3.63) is 18.2 Å². The van der Waals surface area contributed by atoms with E-state index in [1.165, 1.54) is 0 Å². The van der Waals surface area contributed by atoms with E-state index in [0.29, 0.717) is 12.0 Å². The van der Waals surface area contributed by atoms with E-state index in [2.05, 4.69) is 41.1 Å². The van der Waals surface area contributed by atoms with Crippen molar-refractivity contribution in [1.29, 1.82) is 0 Å². The number of hydrogen-bond donors (Lipinski definition) is 1. The van der Waals surface area contributed by atoms with Gasteiger partial charge in [0.1, 0.15) is 0 Å². The van der Waals surface area contributed by atoms with Crippen LogP contribution in [-0.2, 0) is 0 Å². The van der Waals surface area contributed by atoms with Crippen LogP contribution in [0.1, 0.15) is 13.8 Å². The molecule has 1 aromatic heterocycles. The molecule has 4 nitrogen and oxygen atoms in total. The van der Waals surface area contributed by atoms with Gasteiger partial charge in [0.05, 0.1) is 12.4 Å². The Morgan fingerprint density at radius 1 is 1.40 bits per heavy atom. The standard InChI is InChI=1S/C10H17FN4/c1-8(2)15(3)5-4-12-10-13-6-9(11)7-14-10/h6-8H,4-5H2,1-3H3,(H,12,13,14). The summed E-state index contributed by atoms with van der Waals surface area (Å²) in [6.45, 7) is 5.92. The first-order chi connectivity index (χ1) is 7.09. The highest BCUT2D eigenvalue weighted by molar-refractivity contribution is 5.22. The lowest BCUT2D eigenvalue weighted by Gasteiger charge is -2.20. The number of nitrogens with zero attached hydrogens (tertiary/aromatic N) is 3. The second-order valence-corrected chi connectivity index (χ2v) is 3.73. The number of likely N-dealkylation sites (N-methyl/N-ethyl adjacent to an activating group) is 1. The third-order valence-electron chi connectivity index (χ3n) is 2.25. The van der Waals surface area contributed by atoms with E-state index in [4.69, 9.17) is 0 Å². The number of anilines is 1. The smallest absolute Gasteiger partial charge is 0.222 e. The van der Waals surface area contributed by atoms with Gasteiger partial charge >= 0.3 is 0 Å². The maximum Gasteiger partial charge on any atom is 0.222 e. The van der Waals surface area contributed by atoms with Crippen LogP contribution in [0, 0.1) is 5.82 Å². The Morgan fingerprint density at radius 2 is 2.00 bits per heavy atom. The van der Waals surface area contributed by atoms with Crippen molar-refractivity contribution < 1.29 is 4.39 Å². The van der Waals surface area contributed by atoms with Gasteiger partial charge in [-0.1, -0.05) is 0 Å². The van der Waals surface area contributed by atoms with Crippen LogP contribution < -0.4 is 5.32 Å². The summed E-state index contributed by atoms with van der Waals surface area (Å²) in [6, 6.07) is 0.515. The molecule has 0 atom stereocenters. The molecule has 0 amide bonds.